The van der Waals surface area contributed by atoms with Gasteiger partial charge in [0.15, 0.2) is 11.5 Å². The highest BCUT2D eigenvalue weighted by Crippen LogP contribution is 2.32. The lowest BCUT2D eigenvalue weighted by Gasteiger charge is -2.35. The minimum atomic E-state index is -4.29. The van der Waals surface area contributed by atoms with Crippen molar-refractivity contribution in [3.05, 3.63) is 77.9 Å². The van der Waals surface area contributed by atoms with Crippen LogP contribution >= 0.6 is 0 Å². The normalized spacial score (nSPS) is 12.2. The van der Waals surface area contributed by atoms with Gasteiger partial charge in [-0.2, -0.15) is 0 Å². The Hall–Kier alpha value is -4.25. The van der Waals surface area contributed by atoms with Crippen LogP contribution in [0.3, 0.4) is 0 Å². The van der Waals surface area contributed by atoms with Crippen molar-refractivity contribution < 1.29 is 32.2 Å². The molecule has 3 aromatic carbocycles. The molecule has 0 heterocycles. The van der Waals surface area contributed by atoms with Crippen molar-refractivity contribution in [3.8, 4) is 17.2 Å². The van der Waals surface area contributed by atoms with Crippen LogP contribution in [0.5, 0.6) is 17.2 Å². The summed E-state index contributed by atoms with van der Waals surface area (Å²) in [6, 6.07) is 17.4. The van der Waals surface area contributed by atoms with E-state index in [-0.39, 0.29) is 23.1 Å². The molecule has 2 amide bonds. The number of ether oxygens (including phenoxy) is 3. The van der Waals surface area contributed by atoms with E-state index in [2.05, 4.69) is 5.32 Å². The third-order valence-corrected chi connectivity index (χ3v) is 8.68. The average molecular weight is 626 g/mol. The van der Waals surface area contributed by atoms with Gasteiger partial charge in [0.2, 0.25) is 11.8 Å². The summed E-state index contributed by atoms with van der Waals surface area (Å²) in [5, 5.41) is 2.97. The third kappa shape index (κ3) is 8.43. The minimum absolute atomic E-state index is 0.0598. The van der Waals surface area contributed by atoms with Crippen molar-refractivity contribution >= 4 is 27.5 Å². The Kier molecular flexibility index (Phi) is 11.3. The molecule has 0 aliphatic rings. The molecule has 10 nitrogen and oxygen atoms in total. The van der Waals surface area contributed by atoms with Crippen molar-refractivity contribution in [1.82, 2.24) is 10.2 Å². The number of sulfonamides is 1. The number of rotatable bonds is 13. The van der Waals surface area contributed by atoms with Crippen molar-refractivity contribution in [2.24, 2.45) is 0 Å². The number of methoxy groups -OCH3 is 3. The van der Waals surface area contributed by atoms with Gasteiger partial charge in [-0.3, -0.25) is 13.9 Å². The smallest absolute Gasteiger partial charge is 0.264 e. The van der Waals surface area contributed by atoms with Crippen LogP contribution in [-0.4, -0.2) is 64.6 Å². The van der Waals surface area contributed by atoms with E-state index in [0.29, 0.717) is 23.6 Å². The van der Waals surface area contributed by atoms with Gasteiger partial charge < -0.3 is 24.4 Å². The second-order valence-corrected chi connectivity index (χ2v) is 13.3. The van der Waals surface area contributed by atoms with Crippen LogP contribution in [0.15, 0.2) is 71.6 Å². The minimum Gasteiger partial charge on any atom is -0.497 e. The van der Waals surface area contributed by atoms with Crippen LogP contribution in [0.2, 0.25) is 0 Å². The molecule has 11 heteroatoms. The molecule has 0 unspecified atom stereocenters. The number of carbonyl (C=O) groups is 2. The molecule has 0 radical (unpaired) electrons. The highest BCUT2D eigenvalue weighted by atomic mass is 32.2. The lowest BCUT2D eigenvalue weighted by molar-refractivity contribution is -0.141. The van der Waals surface area contributed by atoms with E-state index in [4.69, 9.17) is 14.2 Å². The van der Waals surface area contributed by atoms with Crippen LogP contribution in [0.4, 0.5) is 5.69 Å². The molecule has 0 fully saturated rings. The summed E-state index contributed by atoms with van der Waals surface area (Å²) in [6.45, 7) is 8.80. The van der Waals surface area contributed by atoms with Crippen molar-refractivity contribution in [3.63, 3.8) is 0 Å². The number of nitrogens with zero attached hydrogens (tertiary/aromatic N) is 2. The largest absolute Gasteiger partial charge is 0.497 e. The maximum absolute atomic E-state index is 14.3. The molecular formula is C33H43N3O7S. The Bertz CT molecular complexity index is 1550. The molecule has 3 rings (SSSR count). The number of carbonyl (C=O) groups excluding carboxylic acids is 2. The predicted octanol–water partition coefficient (Wildman–Crippen LogP) is 4.94. The Morgan fingerprint density at radius 2 is 1.55 bits per heavy atom. The Balaban J connectivity index is 2.12. The van der Waals surface area contributed by atoms with E-state index in [9.17, 15) is 18.0 Å². The number of amides is 2. The maximum Gasteiger partial charge on any atom is 0.264 e. The van der Waals surface area contributed by atoms with Gasteiger partial charge in [0.25, 0.3) is 10.0 Å². The zero-order valence-corrected chi connectivity index (χ0v) is 27.5. The first-order valence-corrected chi connectivity index (χ1v) is 15.7. The Morgan fingerprint density at radius 1 is 0.886 bits per heavy atom. The molecule has 44 heavy (non-hydrogen) atoms. The summed E-state index contributed by atoms with van der Waals surface area (Å²) in [6.07, 6.45) is 0.310. The standard InChI is InChI=1S/C33H43N3O7S/c1-9-28(32(38)34-33(3,4)5)35(21-24-11-10-12-26(19-24)41-6)31(37)22-36(25-15-13-23(2)14-16-25)44(39,40)27-17-18-29(42-7)30(20-27)43-8/h10-20,28H,9,21-22H2,1-8H3,(H,34,38)/t28-/m1/s1. The van der Waals surface area contributed by atoms with E-state index >= 15 is 0 Å². The quantitative estimate of drug-likeness (QED) is 0.286. The molecule has 0 aliphatic carbocycles. The Morgan fingerprint density at radius 3 is 2.11 bits per heavy atom. The molecule has 1 N–H and O–H groups in total. The fourth-order valence-electron chi connectivity index (χ4n) is 4.68. The fraction of sp³-hybridized carbons (Fsp3) is 0.394. The van der Waals surface area contributed by atoms with Gasteiger partial charge in [0, 0.05) is 18.2 Å². The van der Waals surface area contributed by atoms with Crippen LogP contribution in [-0.2, 0) is 26.2 Å². The van der Waals surface area contributed by atoms with E-state index < -0.39 is 34.1 Å². The second-order valence-electron chi connectivity index (χ2n) is 11.4. The lowest BCUT2D eigenvalue weighted by atomic mass is 10.1. The number of anilines is 1. The highest BCUT2D eigenvalue weighted by Gasteiger charge is 2.35. The maximum atomic E-state index is 14.3. The molecule has 0 aromatic heterocycles. The van der Waals surface area contributed by atoms with Crippen LogP contribution in [0, 0.1) is 6.92 Å². The number of benzene rings is 3. The molecule has 0 spiro atoms. The summed E-state index contributed by atoms with van der Waals surface area (Å²) >= 11 is 0. The topological polar surface area (TPSA) is 114 Å². The summed E-state index contributed by atoms with van der Waals surface area (Å²) < 4.78 is 45.5. The highest BCUT2D eigenvalue weighted by molar-refractivity contribution is 7.92. The van der Waals surface area contributed by atoms with E-state index in [1.165, 1.54) is 37.3 Å². The lowest BCUT2D eigenvalue weighted by Crippen LogP contribution is -2.55. The van der Waals surface area contributed by atoms with Crippen LogP contribution in [0.25, 0.3) is 0 Å². The Labute approximate surface area is 261 Å². The predicted molar refractivity (Wildman–Crippen MR) is 171 cm³/mol. The summed E-state index contributed by atoms with van der Waals surface area (Å²) in [7, 11) is 0.134. The molecule has 0 saturated carbocycles. The van der Waals surface area contributed by atoms with Crippen molar-refractivity contribution in [1.29, 1.82) is 0 Å². The number of aryl methyl sites for hydroxylation is 1. The van der Waals surface area contributed by atoms with Gasteiger partial charge in [0.1, 0.15) is 18.3 Å². The van der Waals surface area contributed by atoms with Gasteiger partial charge in [-0.25, -0.2) is 8.42 Å². The van der Waals surface area contributed by atoms with E-state index in [1.54, 1.807) is 49.6 Å². The van der Waals surface area contributed by atoms with Crippen molar-refractivity contribution in [2.45, 2.75) is 64.1 Å². The summed E-state index contributed by atoms with van der Waals surface area (Å²) in [5.74, 6) is 0.312. The first kappa shape index (κ1) is 34.2. The first-order chi connectivity index (χ1) is 20.7. The van der Waals surface area contributed by atoms with Gasteiger partial charge in [0.05, 0.1) is 31.9 Å². The van der Waals surface area contributed by atoms with E-state index in [0.717, 1.165) is 15.4 Å². The van der Waals surface area contributed by atoms with Gasteiger partial charge in [-0.15, -0.1) is 0 Å². The zero-order chi connectivity index (χ0) is 32.7. The third-order valence-electron chi connectivity index (χ3n) is 6.92. The van der Waals surface area contributed by atoms with Crippen LogP contribution < -0.4 is 23.8 Å². The molecule has 0 aliphatic heterocycles. The number of nitrogens with one attached hydrogen (secondary N) is 1. The monoisotopic (exact) mass is 625 g/mol. The zero-order valence-electron chi connectivity index (χ0n) is 26.7. The van der Waals surface area contributed by atoms with Gasteiger partial charge in [-0.1, -0.05) is 36.8 Å². The van der Waals surface area contributed by atoms with Gasteiger partial charge in [-0.05, 0) is 76.1 Å². The molecule has 238 valence electrons. The molecule has 0 bridgehead atoms. The second kappa shape index (κ2) is 14.5. The molecule has 0 saturated heterocycles. The summed E-state index contributed by atoms with van der Waals surface area (Å²) in [4.78, 5) is 29.1. The van der Waals surface area contributed by atoms with Gasteiger partial charge >= 0.3 is 0 Å². The van der Waals surface area contributed by atoms with E-state index in [1.807, 2.05) is 40.7 Å². The first-order valence-electron chi connectivity index (χ1n) is 14.3. The number of hydrogen-bond donors (Lipinski definition) is 1. The van der Waals surface area contributed by atoms with Crippen LogP contribution in [0.1, 0.15) is 45.2 Å². The number of hydrogen-bond acceptors (Lipinski definition) is 7. The summed E-state index contributed by atoms with van der Waals surface area (Å²) in [5.41, 5.74) is 1.41. The average Bonchev–Trinajstić information content (AvgIpc) is 2.98. The molecule has 1 atom stereocenters. The fourth-order valence-corrected chi connectivity index (χ4v) is 6.11. The van der Waals surface area contributed by atoms with Crippen molar-refractivity contribution in [2.75, 3.05) is 32.2 Å². The molecule has 3 aromatic rings. The molecular weight excluding hydrogens is 582 g/mol. The SMILES string of the molecule is CC[C@H](C(=O)NC(C)(C)C)N(Cc1cccc(OC)c1)C(=O)CN(c1ccc(C)cc1)S(=O)(=O)c1ccc(OC)c(OC)c1.